The predicted molar refractivity (Wildman–Crippen MR) is 99.7 cm³/mol. The van der Waals surface area contributed by atoms with Crippen molar-refractivity contribution in [3.05, 3.63) is 30.1 Å². The molecule has 0 radical (unpaired) electrons. The van der Waals surface area contributed by atoms with Gasteiger partial charge in [0.05, 0.1) is 25.6 Å². The molecule has 134 valence electrons. The Balaban J connectivity index is 2.04. The van der Waals surface area contributed by atoms with Gasteiger partial charge in [0.1, 0.15) is 5.60 Å². The maximum absolute atomic E-state index is 8.71. The van der Waals surface area contributed by atoms with Gasteiger partial charge in [-0.25, -0.2) is 0 Å². The second kappa shape index (κ2) is 10.2. The van der Waals surface area contributed by atoms with E-state index in [-0.39, 0.29) is 0 Å². The van der Waals surface area contributed by atoms with Crippen LogP contribution in [0, 0.1) is 23.2 Å². The van der Waals surface area contributed by atoms with Gasteiger partial charge < -0.3 is 4.74 Å². The van der Waals surface area contributed by atoms with Crippen LogP contribution >= 0.6 is 0 Å². The standard InChI is InChI=1S/C21H29N3O/c1-3-21(4-2,25-17-9-13-22)12-8-16-24-15-6-5-11-20(24)19-10-7-14-23-18-19/h7,10,14,18,20H,3-6,9,11,15-17H2,1-2H3/t20-/m0/s1. The van der Waals surface area contributed by atoms with Crippen molar-refractivity contribution >= 4 is 0 Å². The minimum atomic E-state index is -0.420. The van der Waals surface area contributed by atoms with Gasteiger partial charge in [-0.1, -0.05) is 38.2 Å². The van der Waals surface area contributed by atoms with Gasteiger partial charge in [0.25, 0.3) is 0 Å². The van der Waals surface area contributed by atoms with Crippen molar-refractivity contribution in [1.29, 1.82) is 5.26 Å². The molecule has 4 heteroatoms. The van der Waals surface area contributed by atoms with E-state index in [1.807, 2.05) is 18.5 Å². The summed E-state index contributed by atoms with van der Waals surface area (Å²) in [6, 6.07) is 6.72. The Morgan fingerprint density at radius 2 is 2.20 bits per heavy atom. The van der Waals surface area contributed by atoms with Crippen LogP contribution < -0.4 is 0 Å². The molecule has 1 fully saturated rings. The molecule has 0 spiro atoms. The summed E-state index contributed by atoms with van der Waals surface area (Å²) < 4.78 is 5.94. The van der Waals surface area contributed by atoms with Gasteiger partial charge in [0.2, 0.25) is 0 Å². The van der Waals surface area contributed by atoms with Crippen molar-refractivity contribution in [1.82, 2.24) is 9.88 Å². The van der Waals surface area contributed by atoms with Crippen molar-refractivity contribution < 1.29 is 4.74 Å². The third-order valence-corrected chi connectivity index (χ3v) is 5.02. The zero-order chi connectivity index (χ0) is 18.0. The Morgan fingerprint density at radius 1 is 1.36 bits per heavy atom. The minimum Gasteiger partial charge on any atom is -0.361 e. The SMILES string of the molecule is CCC(C#CCN1CCCC[C@H]1c1cccnc1)(CC)OCCC#N. The lowest BCUT2D eigenvalue weighted by atomic mass is 9.96. The molecule has 1 aromatic heterocycles. The zero-order valence-electron chi connectivity index (χ0n) is 15.5. The molecular formula is C21H29N3O. The number of aromatic nitrogens is 1. The van der Waals surface area contributed by atoms with Crippen molar-refractivity contribution in [2.45, 2.75) is 64.0 Å². The lowest BCUT2D eigenvalue weighted by Gasteiger charge is -2.34. The highest BCUT2D eigenvalue weighted by atomic mass is 16.5. The highest BCUT2D eigenvalue weighted by Crippen LogP contribution is 2.30. The Labute approximate surface area is 152 Å². The quantitative estimate of drug-likeness (QED) is 0.554. The molecular weight excluding hydrogens is 310 g/mol. The first-order valence-electron chi connectivity index (χ1n) is 9.39. The van der Waals surface area contributed by atoms with Crippen LogP contribution in [-0.2, 0) is 4.74 Å². The normalized spacial score (nSPS) is 18.2. The highest BCUT2D eigenvalue weighted by Gasteiger charge is 2.25. The molecule has 1 aromatic rings. The largest absolute Gasteiger partial charge is 0.361 e. The van der Waals surface area contributed by atoms with Crippen LogP contribution in [0.2, 0.25) is 0 Å². The lowest BCUT2D eigenvalue weighted by molar-refractivity contribution is -0.00337. The summed E-state index contributed by atoms with van der Waals surface area (Å²) in [4.78, 5) is 6.73. The van der Waals surface area contributed by atoms with Crippen molar-refractivity contribution in [2.24, 2.45) is 0 Å². The topological polar surface area (TPSA) is 49.2 Å². The maximum atomic E-state index is 8.71. The van der Waals surface area contributed by atoms with E-state index in [9.17, 15) is 0 Å². The number of likely N-dealkylation sites (tertiary alicyclic amines) is 1. The van der Waals surface area contributed by atoms with Crippen LogP contribution in [0.4, 0.5) is 0 Å². The third kappa shape index (κ3) is 5.56. The number of hydrogen-bond acceptors (Lipinski definition) is 4. The maximum Gasteiger partial charge on any atom is 0.128 e. The summed E-state index contributed by atoms with van der Waals surface area (Å²) in [6.07, 6.45) is 9.55. The lowest BCUT2D eigenvalue weighted by Crippen LogP contribution is -2.34. The first-order valence-corrected chi connectivity index (χ1v) is 9.39. The number of pyridine rings is 1. The second-order valence-corrected chi connectivity index (χ2v) is 6.53. The molecule has 25 heavy (non-hydrogen) atoms. The van der Waals surface area contributed by atoms with Gasteiger partial charge in [-0.05, 0) is 43.9 Å². The van der Waals surface area contributed by atoms with Gasteiger partial charge in [0, 0.05) is 18.4 Å². The fourth-order valence-corrected chi connectivity index (χ4v) is 3.39. The van der Waals surface area contributed by atoms with Crippen LogP contribution in [0.3, 0.4) is 0 Å². The summed E-state index contributed by atoms with van der Waals surface area (Å²) >= 11 is 0. The number of hydrogen-bond donors (Lipinski definition) is 0. The first kappa shape index (κ1) is 19.4. The predicted octanol–water partition coefficient (Wildman–Crippen LogP) is 4.10. The van der Waals surface area contributed by atoms with Gasteiger partial charge in [-0.3, -0.25) is 9.88 Å². The molecule has 2 rings (SSSR count). The Morgan fingerprint density at radius 3 is 2.88 bits per heavy atom. The molecule has 2 heterocycles. The number of piperidine rings is 1. The highest BCUT2D eigenvalue weighted by molar-refractivity contribution is 5.18. The van der Waals surface area contributed by atoms with Crippen LogP contribution in [0.15, 0.2) is 24.5 Å². The molecule has 1 aliphatic heterocycles. The molecule has 0 bridgehead atoms. The van der Waals surface area contributed by atoms with Gasteiger partial charge in [0.15, 0.2) is 0 Å². The second-order valence-electron chi connectivity index (χ2n) is 6.53. The smallest absolute Gasteiger partial charge is 0.128 e. The Kier molecular flexibility index (Phi) is 7.92. The number of nitriles is 1. The Hall–Kier alpha value is -1.88. The monoisotopic (exact) mass is 339 g/mol. The van der Waals surface area contributed by atoms with Gasteiger partial charge in [-0.2, -0.15) is 5.26 Å². The van der Waals surface area contributed by atoms with E-state index < -0.39 is 5.60 Å². The summed E-state index contributed by atoms with van der Waals surface area (Å²) in [5.41, 5.74) is 0.864. The van der Waals surface area contributed by atoms with Crippen LogP contribution in [0.5, 0.6) is 0 Å². The summed E-state index contributed by atoms with van der Waals surface area (Å²) in [5.74, 6) is 6.74. The average molecular weight is 339 g/mol. The molecule has 1 atom stereocenters. The van der Waals surface area contributed by atoms with E-state index in [1.54, 1.807) is 0 Å². The van der Waals surface area contributed by atoms with Crippen LogP contribution in [0.1, 0.15) is 64.0 Å². The van der Waals surface area contributed by atoms with Crippen molar-refractivity contribution in [2.75, 3.05) is 19.7 Å². The molecule has 1 saturated heterocycles. The van der Waals surface area contributed by atoms with Gasteiger partial charge >= 0.3 is 0 Å². The Bertz CT molecular complexity index is 608. The van der Waals surface area contributed by atoms with E-state index in [1.165, 1.54) is 24.8 Å². The summed E-state index contributed by atoms with van der Waals surface area (Å²) in [5, 5.41) is 8.71. The van der Waals surface area contributed by atoms with E-state index in [0.717, 1.165) is 25.9 Å². The summed E-state index contributed by atoms with van der Waals surface area (Å²) in [6.45, 7) is 6.49. The molecule has 4 nitrogen and oxygen atoms in total. The molecule has 0 unspecified atom stereocenters. The molecule has 0 saturated carbocycles. The van der Waals surface area contributed by atoms with Crippen LogP contribution in [-0.4, -0.2) is 35.2 Å². The van der Waals surface area contributed by atoms with Crippen LogP contribution in [0.25, 0.3) is 0 Å². The molecule has 0 amide bonds. The van der Waals surface area contributed by atoms with Crippen molar-refractivity contribution in [3.8, 4) is 17.9 Å². The molecule has 0 aromatic carbocycles. The average Bonchev–Trinajstić information content (AvgIpc) is 2.68. The fourth-order valence-electron chi connectivity index (χ4n) is 3.39. The fraction of sp³-hybridized carbons (Fsp3) is 0.619. The van der Waals surface area contributed by atoms with Gasteiger partial charge in [-0.15, -0.1) is 0 Å². The number of ether oxygens (including phenoxy) is 1. The summed E-state index contributed by atoms with van der Waals surface area (Å²) in [7, 11) is 0. The minimum absolute atomic E-state index is 0.411. The van der Waals surface area contributed by atoms with E-state index >= 15 is 0 Å². The first-order chi connectivity index (χ1) is 12.2. The molecule has 1 aliphatic rings. The molecule has 0 N–H and O–H groups in total. The zero-order valence-corrected chi connectivity index (χ0v) is 15.5. The number of rotatable bonds is 7. The third-order valence-electron chi connectivity index (χ3n) is 5.02. The van der Waals surface area contributed by atoms with E-state index in [0.29, 0.717) is 19.1 Å². The van der Waals surface area contributed by atoms with E-state index in [4.69, 9.17) is 10.00 Å². The van der Waals surface area contributed by atoms with E-state index in [2.05, 4.69) is 47.7 Å². The van der Waals surface area contributed by atoms with Crippen molar-refractivity contribution in [3.63, 3.8) is 0 Å². The number of nitrogens with zero attached hydrogens (tertiary/aromatic N) is 3. The molecule has 0 aliphatic carbocycles.